The van der Waals surface area contributed by atoms with E-state index in [2.05, 4.69) is 95.4 Å². The third-order valence-electron chi connectivity index (χ3n) is 11.2. The van der Waals surface area contributed by atoms with Crippen molar-refractivity contribution in [2.75, 3.05) is 0 Å². The number of rotatable bonds is 30. The van der Waals surface area contributed by atoms with E-state index in [4.69, 9.17) is 0 Å². The van der Waals surface area contributed by atoms with Crippen molar-refractivity contribution in [3.63, 3.8) is 0 Å². The van der Waals surface area contributed by atoms with Crippen molar-refractivity contribution >= 4 is 45.2 Å². The molecule has 0 unspecified atom stereocenters. The van der Waals surface area contributed by atoms with Gasteiger partial charge in [-0.1, -0.05) is 206 Å². The minimum absolute atomic E-state index is 0.210. The molecule has 0 fully saturated rings. The molecule has 0 aliphatic heterocycles. The zero-order valence-electron chi connectivity index (χ0n) is 30.9. The van der Waals surface area contributed by atoms with Gasteiger partial charge in [-0.05, 0) is 105 Å². The van der Waals surface area contributed by atoms with Gasteiger partial charge in [0.1, 0.15) is 0 Å². The van der Waals surface area contributed by atoms with Gasteiger partial charge in [0.2, 0.25) is 0 Å². The van der Waals surface area contributed by atoms with Crippen molar-refractivity contribution in [1.82, 2.24) is 0 Å². The molecule has 0 atom stereocenters. The number of halogens is 2. The topological polar surface area (TPSA) is 0 Å². The van der Waals surface area contributed by atoms with Gasteiger partial charge in [-0.2, -0.15) is 0 Å². The molecular weight excluding hydrogens is 794 g/mol. The molecule has 0 amide bonds. The molecule has 266 valence electrons. The maximum Gasteiger partial charge on any atom is 0.0216 e. The van der Waals surface area contributed by atoms with E-state index in [1.807, 2.05) is 0 Å². The molecule has 1 aliphatic carbocycles. The van der Waals surface area contributed by atoms with E-state index in [1.54, 1.807) is 11.1 Å². The molecule has 0 spiro atoms. The molecule has 0 aromatic heterocycles. The first kappa shape index (κ1) is 41.3. The van der Waals surface area contributed by atoms with E-state index in [-0.39, 0.29) is 5.41 Å². The van der Waals surface area contributed by atoms with Crippen LogP contribution in [0, 0.1) is 7.14 Å². The SMILES string of the molecule is CCCCCCCCCCCCCCCCC1(CCCCCCCCCCCCCCCC)c2cc(I)ccc2-c2ccc(I)cc21. The summed E-state index contributed by atoms with van der Waals surface area (Å²) in [4.78, 5) is 0. The van der Waals surface area contributed by atoms with Gasteiger partial charge in [0.25, 0.3) is 0 Å². The Kier molecular flexibility index (Phi) is 22.7. The van der Waals surface area contributed by atoms with Crippen molar-refractivity contribution in [1.29, 1.82) is 0 Å². The molecule has 0 radical (unpaired) electrons. The summed E-state index contributed by atoms with van der Waals surface area (Å²) in [6.45, 7) is 4.63. The quantitative estimate of drug-likeness (QED) is 0.0542. The number of hydrogen-bond donors (Lipinski definition) is 0. The standard InChI is InChI=1S/C45H72I2/c1-3-5-7-9-11-13-15-17-19-21-23-25-27-29-35-45(36-30-28-26-24-22-20-18-16-14-12-10-8-6-4-2)43-37-39(46)31-33-41(43)42-34-32-40(47)38-44(42)45/h31-34,37-38H,3-30,35-36H2,1-2H3. The van der Waals surface area contributed by atoms with Crippen molar-refractivity contribution < 1.29 is 0 Å². The summed E-state index contributed by atoms with van der Waals surface area (Å²) in [6, 6.07) is 14.6. The van der Waals surface area contributed by atoms with Crippen LogP contribution in [0.3, 0.4) is 0 Å². The minimum Gasteiger partial charge on any atom is -0.0654 e. The van der Waals surface area contributed by atoms with E-state index in [1.165, 1.54) is 211 Å². The van der Waals surface area contributed by atoms with Gasteiger partial charge in [-0.3, -0.25) is 0 Å². The first-order valence-corrected chi connectivity index (χ1v) is 22.9. The van der Waals surface area contributed by atoms with Crippen LogP contribution in [0.15, 0.2) is 36.4 Å². The average Bonchev–Trinajstić information content (AvgIpc) is 3.32. The van der Waals surface area contributed by atoms with Gasteiger partial charge in [-0.25, -0.2) is 0 Å². The van der Waals surface area contributed by atoms with E-state index in [0.717, 1.165) is 0 Å². The van der Waals surface area contributed by atoms with Gasteiger partial charge in [0, 0.05) is 12.6 Å². The Balaban J connectivity index is 1.42. The Hall–Kier alpha value is -0.100. The highest BCUT2D eigenvalue weighted by Gasteiger charge is 2.42. The summed E-state index contributed by atoms with van der Waals surface area (Å²) in [5.41, 5.74) is 6.54. The summed E-state index contributed by atoms with van der Waals surface area (Å²) in [7, 11) is 0. The highest BCUT2D eigenvalue weighted by molar-refractivity contribution is 14.1. The number of benzene rings is 2. The molecule has 0 saturated carbocycles. The predicted molar refractivity (Wildman–Crippen MR) is 228 cm³/mol. The lowest BCUT2D eigenvalue weighted by Crippen LogP contribution is -2.25. The fourth-order valence-corrected chi connectivity index (χ4v) is 9.33. The zero-order valence-corrected chi connectivity index (χ0v) is 35.2. The van der Waals surface area contributed by atoms with Crippen LogP contribution in [0.1, 0.15) is 218 Å². The summed E-state index contributed by atoms with van der Waals surface area (Å²) < 4.78 is 2.80. The molecule has 0 heterocycles. The van der Waals surface area contributed by atoms with Crippen LogP contribution < -0.4 is 0 Å². The van der Waals surface area contributed by atoms with Gasteiger partial charge >= 0.3 is 0 Å². The molecule has 0 N–H and O–H groups in total. The van der Waals surface area contributed by atoms with Crippen LogP contribution in [0.2, 0.25) is 0 Å². The van der Waals surface area contributed by atoms with E-state index < -0.39 is 0 Å². The molecule has 1 aliphatic rings. The number of fused-ring (bicyclic) bond motifs is 3. The van der Waals surface area contributed by atoms with Crippen LogP contribution in [-0.2, 0) is 5.41 Å². The van der Waals surface area contributed by atoms with Crippen LogP contribution in [0.25, 0.3) is 11.1 Å². The van der Waals surface area contributed by atoms with E-state index in [0.29, 0.717) is 0 Å². The molecule has 2 aromatic carbocycles. The van der Waals surface area contributed by atoms with Crippen LogP contribution in [0.4, 0.5) is 0 Å². The third-order valence-corrected chi connectivity index (χ3v) is 12.5. The minimum atomic E-state index is 0.210. The third kappa shape index (κ3) is 15.4. The molecule has 0 bridgehead atoms. The smallest absolute Gasteiger partial charge is 0.0216 e. The second kappa shape index (κ2) is 25.8. The molecule has 2 aromatic rings. The van der Waals surface area contributed by atoms with Gasteiger partial charge < -0.3 is 0 Å². The zero-order chi connectivity index (χ0) is 33.4. The Labute approximate surface area is 320 Å². The van der Waals surface area contributed by atoms with E-state index >= 15 is 0 Å². The Bertz CT molecular complexity index is 986. The van der Waals surface area contributed by atoms with Gasteiger partial charge in [-0.15, -0.1) is 0 Å². The Morgan fingerprint density at radius 2 is 0.617 bits per heavy atom. The highest BCUT2D eigenvalue weighted by Crippen LogP contribution is 2.54. The van der Waals surface area contributed by atoms with Crippen molar-refractivity contribution in [3.8, 4) is 11.1 Å². The second-order valence-corrected chi connectivity index (χ2v) is 17.6. The van der Waals surface area contributed by atoms with Crippen molar-refractivity contribution in [3.05, 3.63) is 54.7 Å². The Morgan fingerprint density at radius 1 is 0.362 bits per heavy atom. The maximum absolute atomic E-state index is 2.55. The lowest BCUT2D eigenvalue weighted by molar-refractivity contribution is 0.396. The predicted octanol–water partition coefficient (Wildman–Crippen LogP) is 16.9. The monoisotopic (exact) mass is 866 g/mol. The van der Waals surface area contributed by atoms with Gasteiger partial charge in [0.15, 0.2) is 0 Å². The summed E-state index contributed by atoms with van der Waals surface area (Å²) in [6.07, 6.45) is 42.8. The molecule has 2 heteroatoms. The lowest BCUT2D eigenvalue weighted by Gasteiger charge is -2.33. The number of hydrogen-bond acceptors (Lipinski definition) is 0. The molecular formula is C45H72I2. The largest absolute Gasteiger partial charge is 0.0654 e. The van der Waals surface area contributed by atoms with Crippen LogP contribution in [0.5, 0.6) is 0 Å². The maximum atomic E-state index is 2.55. The second-order valence-electron chi connectivity index (χ2n) is 15.2. The van der Waals surface area contributed by atoms with Crippen LogP contribution >= 0.6 is 45.2 Å². The van der Waals surface area contributed by atoms with Crippen LogP contribution in [-0.4, -0.2) is 0 Å². The molecule has 3 rings (SSSR count). The lowest BCUT2D eigenvalue weighted by atomic mass is 9.70. The summed E-state index contributed by atoms with van der Waals surface area (Å²) in [5.74, 6) is 0. The first-order chi connectivity index (χ1) is 23.1. The van der Waals surface area contributed by atoms with Gasteiger partial charge in [0.05, 0.1) is 0 Å². The highest BCUT2D eigenvalue weighted by atomic mass is 127. The fraction of sp³-hybridized carbons (Fsp3) is 0.733. The molecule has 0 nitrogen and oxygen atoms in total. The van der Waals surface area contributed by atoms with E-state index in [9.17, 15) is 0 Å². The Morgan fingerprint density at radius 3 is 0.894 bits per heavy atom. The summed E-state index contributed by atoms with van der Waals surface area (Å²) >= 11 is 5.11. The van der Waals surface area contributed by atoms with Crippen molar-refractivity contribution in [2.45, 2.75) is 212 Å². The van der Waals surface area contributed by atoms with Crippen molar-refractivity contribution in [2.24, 2.45) is 0 Å². The number of unbranched alkanes of at least 4 members (excludes halogenated alkanes) is 26. The average molecular weight is 867 g/mol. The fourth-order valence-electron chi connectivity index (χ4n) is 8.35. The molecule has 0 saturated heterocycles. The molecule has 47 heavy (non-hydrogen) atoms. The summed E-state index contributed by atoms with van der Waals surface area (Å²) in [5, 5.41) is 0. The normalized spacial score (nSPS) is 13.3. The first-order valence-electron chi connectivity index (χ1n) is 20.7.